The smallest absolute Gasteiger partial charge is 0.220 e. The molecule has 2 aromatic rings. The molecule has 0 spiro atoms. The van der Waals surface area contributed by atoms with Gasteiger partial charge in [0.25, 0.3) is 0 Å². The summed E-state index contributed by atoms with van der Waals surface area (Å²) in [5, 5.41) is 6.03. The lowest BCUT2D eigenvalue weighted by atomic mass is 10.1. The van der Waals surface area contributed by atoms with E-state index in [4.69, 9.17) is 5.73 Å². The van der Waals surface area contributed by atoms with Crippen molar-refractivity contribution in [3.8, 4) is 0 Å². The Hall–Kier alpha value is -1.88. The summed E-state index contributed by atoms with van der Waals surface area (Å²) >= 11 is 1.64. The predicted molar refractivity (Wildman–Crippen MR) is 82.7 cm³/mol. The molecule has 0 saturated heterocycles. The zero-order valence-corrected chi connectivity index (χ0v) is 12.4. The summed E-state index contributed by atoms with van der Waals surface area (Å²) in [6.07, 6.45) is 2.03. The van der Waals surface area contributed by atoms with Crippen LogP contribution in [0, 0.1) is 6.92 Å². The molecule has 20 heavy (non-hydrogen) atoms. The van der Waals surface area contributed by atoms with Crippen molar-refractivity contribution in [2.45, 2.75) is 26.2 Å². The van der Waals surface area contributed by atoms with Gasteiger partial charge in [-0.15, -0.1) is 11.3 Å². The third kappa shape index (κ3) is 4.66. The molecule has 0 radical (unpaired) electrons. The van der Waals surface area contributed by atoms with E-state index >= 15 is 0 Å². The van der Waals surface area contributed by atoms with E-state index in [1.807, 2.05) is 36.6 Å². The summed E-state index contributed by atoms with van der Waals surface area (Å²) < 4.78 is 0. The maximum absolute atomic E-state index is 11.7. The molecule has 0 atom stereocenters. The molecule has 1 amide bonds. The molecule has 3 N–H and O–H groups in total. The summed E-state index contributed by atoms with van der Waals surface area (Å²) in [6, 6.07) is 7.64. The van der Waals surface area contributed by atoms with Gasteiger partial charge in [0.2, 0.25) is 5.91 Å². The number of hydrogen-bond donors (Lipinski definition) is 2. The molecule has 5 heteroatoms. The highest BCUT2D eigenvalue weighted by molar-refractivity contribution is 7.09. The van der Waals surface area contributed by atoms with Gasteiger partial charge in [-0.2, -0.15) is 0 Å². The molecular weight excluding hydrogens is 270 g/mol. The summed E-state index contributed by atoms with van der Waals surface area (Å²) in [6.45, 7) is 2.63. The topological polar surface area (TPSA) is 68.0 Å². The Morgan fingerprint density at radius 2 is 2.05 bits per heavy atom. The fraction of sp³-hybridized carbons (Fsp3) is 0.333. The van der Waals surface area contributed by atoms with Crippen LogP contribution in [0.4, 0.5) is 5.69 Å². The summed E-state index contributed by atoms with van der Waals surface area (Å²) in [5.74, 6) is 0.0776. The number of amides is 1. The lowest BCUT2D eigenvalue weighted by Gasteiger charge is -2.04. The molecule has 1 aromatic carbocycles. The third-order valence-electron chi connectivity index (χ3n) is 2.99. The Kier molecular flexibility index (Phi) is 5.12. The van der Waals surface area contributed by atoms with E-state index in [1.165, 1.54) is 0 Å². The lowest BCUT2D eigenvalue weighted by Crippen LogP contribution is -2.25. The maximum atomic E-state index is 11.7. The molecule has 0 aliphatic rings. The second-order valence-electron chi connectivity index (χ2n) is 4.70. The van der Waals surface area contributed by atoms with Crippen LogP contribution < -0.4 is 11.1 Å². The minimum atomic E-state index is 0.0776. The average molecular weight is 289 g/mol. The highest BCUT2D eigenvalue weighted by Crippen LogP contribution is 2.09. The molecule has 0 aliphatic heterocycles. The van der Waals surface area contributed by atoms with Crippen molar-refractivity contribution in [3.63, 3.8) is 0 Å². The first kappa shape index (κ1) is 14.5. The van der Waals surface area contributed by atoms with Gasteiger partial charge in [-0.05, 0) is 31.0 Å². The second-order valence-corrected chi connectivity index (χ2v) is 5.76. The van der Waals surface area contributed by atoms with E-state index in [0.29, 0.717) is 13.0 Å². The first-order valence-corrected chi connectivity index (χ1v) is 7.53. The van der Waals surface area contributed by atoms with Crippen molar-refractivity contribution in [1.82, 2.24) is 10.3 Å². The van der Waals surface area contributed by atoms with Crippen LogP contribution in [0.25, 0.3) is 0 Å². The minimum absolute atomic E-state index is 0.0776. The van der Waals surface area contributed by atoms with Gasteiger partial charge in [-0.25, -0.2) is 4.98 Å². The molecule has 0 aliphatic carbocycles. The fourth-order valence-electron chi connectivity index (χ4n) is 1.88. The summed E-state index contributed by atoms with van der Waals surface area (Å²) in [7, 11) is 0. The van der Waals surface area contributed by atoms with Crippen molar-refractivity contribution in [1.29, 1.82) is 0 Å². The Bertz CT molecular complexity index is 563. The molecule has 0 saturated carbocycles. The van der Waals surface area contributed by atoms with Crippen LogP contribution >= 0.6 is 11.3 Å². The number of carbonyl (C=O) groups is 1. The molecule has 1 aromatic heterocycles. The van der Waals surface area contributed by atoms with Crippen molar-refractivity contribution in [2.24, 2.45) is 0 Å². The molecule has 0 bridgehead atoms. The Labute approximate surface area is 123 Å². The second kappa shape index (κ2) is 7.05. The van der Waals surface area contributed by atoms with Crippen LogP contribution in [0.2, 0.25) is 0 Å². The fourth-order valence-corrected chi connectivity index (χ4v) is 2.53. The van der Waals surface area contributed by atoms with Gasteiger partial charge in [0, 0.05) is 30.5 Å². The van der Waals surface area contributed by atoms with Gasteiger partial charge >= 0.3 is 0 Å². The molecule has 0 fully saturated rings. The van der Waals surface area contributed by atoms with Gasteiger partial charge in [-0.3, -0.25) is 4.79 Å². The number of anilines is 1. The number of carbonyl (C=O) groups excluding carboxylic acids is 1. The summed E-state index contributed by atoms with van der Waals surface area (Å²) in [5.41, 5.74) is 8.54. The zero-order chi connectivity index (χ0) is 14.4. The molecule has 0 unspecified atom stereocenters. The first-order chi connectivity index (χ1) is 9.63. The number of nitrogens with two attached hydrogens (primary N) is 1. The van der Waals surface area contributed by atoms with Crippen LogP contribution in [0.3, 0.4) is 0 Å². The zero-order valence-electron chi connectivity index (χ0n) is 11.6. The number of nitrogens with one attached hydrogen (secondary N) is 1. The van der Waals surface area contributed by atoms with Crippen LogP contribution in [0.15, 0.2) is 29.6 Å². The van der Waals surface area contributed by atoms with E-state index in [0.717, 1.165) is 34.8 Å². The number of aromatic nitrogens is 1. The predicted octanol–water partition coefficient (Wildman–Crippen LogP) is 2.33. The lowest BCUT2D eigenvalue weighted by molar-refractivity contribution is -0.121. The SMILES string of the molecule is Cc1nc(CCNC(=O)CCc2ccc(N)cc2)cs1. The van der Waals surface area contributed by atoms with Gasteiger partial charge in [0.1, 0.15) is 0 Å². The van der Waals surface area contributed by atoms with Crippen LogP contribution in [0.5, 0.6) is 0 Å². The van der Waals surface area contributed by atoms with E-state index in [-0.39, 0.29) is 5.91 Å². The minimum Gasteiger partial charge on any atom is -0.399 e. The van der Waals surface area contributed by atoms with Crippen molar-refractivity contribution >= 4 is 22.9 Å². The highest BCUT2D eigenvalue weighted by Gasteiger charge is 2.03. The van der Waals surface area contributed by atoms with Crippen molar-refractivity contribution in [2.75, 3.05) is 12.3 Å². The van der Waals surface area contributed by atoms with E-state index in [9.17, 15) is 4.79 Å². The Balaban J connectivity index is 1.66. The van der Waals surface area contributed by atoms with E-state index < -0.39 is 0 Å². The molecule has 4 nitrogen and oxygen atoms in total. The molecule has 106 valence electrons. The number of thiazole rings is 1. The van der Waals surface area contributed by atoms with Crippen molar-refractivity contribution < 1.29 is 4.79 Å². The van der Waals surface area contributed by atoms with E-state index in [2.05, 4.69) is 10.3 Å². The van der Waals surface area contributed by atoms with E-state index in [1.54, 1.807) is 11.3 Å². The number of nitrogen functional groups attached to an aromatic ring is 1. The number of hydrogen-bond acceptors (Lipinski definition) is 4. The Morgan fingerprint density at radius 3 is 2.70 bits per heavy atom. The van der Waals surface area contributed by atoms with Gasteiger partial charge in [0.05, 0.1) is 10.7 Å². The monoisotopic (exact) mass is 289 g/mol. The van der Waals surface area contributed by atoms with Gasteiger partial charge in [-0.1, -0.05) is 12.1 Å². The largest absolute Gasteiger partial charge is 0.399 e. The van der Waals surface area contributed by atoms with Crippen molar-refractivity contribution in [3.05, 3.63) is 45.9 Å². The standard InChI is InChI=1S/C15H19N3OS/c1-11-18-14(10-20-11)8-9-17-15(19)7-4-12-2-5-13(16)6-3-12/h2-3,5-6,10H,4,7-9,16H2,1H3,(H,17,19). The number of nitrogens with zero attached hydrogens (tertiary/aromatic N) is 1. The van der Waals surface area contributed by atoms with Gasteiger partial charge in [0.15, 0.2) is 0 Å². The van der Waals surface area contributed by atoms with Crippen LogP contribution in [-0.2, 0) is 17.6 Å². The number of rotatable bonds is 6. The summed E-state index contributed by atoms with van der Waals surface area (Å²) in [4.78, 5) is 16.1. The normalized spacial score (nSPS) is 10.4. The van der Waals surface area contributed by atoms with Gasteiger partial charge < -0.3 is 11.1 Å². The average Bonchev–Trinajstić information content (AvgIpc) is 2.84. The Morgan fingerprint density at radius 1 is 1.30 bits per heavy atom. The highest BCUT2D eigenvalue weighted by atomic mass is 32.1. The first-order valence-electron chi connectivity index (χ1n) is 6.65. The maximum Gasteiger partial charge on any atom is 0.220 e. The number of aryl methyl sites for hydroxylation is 2. The quantitative estimate of drug-likeness (QED) is 0.802. The molecular formula is C15H19N3OS. The molecule has 2 rings (SSSR count). The number of benzene rings is 1. The van der Waals surface area contributed by atoms with Crippen LogP contribution in [-0.4, -0.2) is 17.4 Å². The van der Waals surface area contributed by atoms with Crippen LogP contribution in [0.1, 0.15) is 22.7 Å². The third-order valence-corrected chi connectivity index (χ3v) is 3.81. The molecule has 1 heterocycles.